The first-order chi connectivity index (χ1) is 9.61. The predicted molar refractivity (Wildman–Crippen MR) is 81.6 cm³/mol. The molecule has 4 N–H and O–H groups in total. The number of nitrogens with zero attached hydrogens (tertiary/aromatic N) is 1. The first-order valence-corrected chi connectivity index (χ1v) is 7.21. The van der Waals surface area contributed by atoms with E-state index < -0.39 is 0 Å². The van der Waals surface area contributed by atoms with E-state index >= 15 is 0 Å². The Balaban J connectivity index is 1.89. The highest BCUT2D eigenvalue weighted by Gasteiger charge is 2.18. The molecule has 0 aliphatic carbocycles. The van der Waals surface area contributed by atoms with Crippen LogP contribution in [0.4, 0.5) is 5.69 Å². The van der Waals surface area contributed by atoms with Gasteiger partial charge in [0.1, 0.15) is 0 Å². The molecule has 1 aliphatic rings. The Morgan fingerprint density at radius 3 is 2.70 bits per heavy atom. The summed E-state index contributed by atoms with van der Waals surface area (Å²) in [6.45, 7) is 7.08. The van der Waals surface area contributed by atoms with Gasteiger partial charge >= 0.3 is 0 Å². The maximum Gasteiger partial charge on any atom is 0.251 e. The van der Waals surface area contributed by atoms with Crippen molar-refractivity contribution in [3.05, 3.63) is 29.3 Å². The van der Waals surface area contributed by atoms with Crippen LogP contribution in [-0.2, 0) is 0 Å². The number of anilines is 1. The highest BCUT2D eigenvalue weighted by atomic mass is 16.1. The van der Waals surface area contributed by atoms with Crippen LogP contribution < -0.4 is 16.6 Å². The molecule has 0 spiro atoms. The monoisotopic (exact) mass is 276 g/mol. The number of nitrogens with two attached hydrogens (primary N) is 1. The zero-order chi connectivity index (χ0) is 14.5. The summed E-state index contributed by atoms with van der Waals surface area (Å²) in [7, 11) is 0. The van der Waals surface area contributed by atoms with Crippen molar-refractivity contribution in [2.24, 2.45) is 5.84 Å². The number of hydrogen-bond donors (Lipinski definition) is 3. The van der Waals surface area contributed by atoms with Gasteiger partial charge in [0.05, 0.1) is 5.69 Å². The van der Waals surface area contributed by atoms with Gasteiger partial charge in [-0.1, -0.05) is 0 Å². The number of nitrogen functional groups attached to an aromatic ring is 1. The second-order valence-corrected chi connectivity index (χ2v) is 5.48. The van der Waals surface area contributed by atoms with Crippen LogP contribution in [0.15, 0.2) is 18.2 Å². The summed E-state index contributed by atoms with van der Waals surface area (Å²) >= 11 is 0. The fourth-order valence-electron chi connectivity index (χ4n) is 2.62. The van der Waals surface area contributed by atoms with Crippen LogP contribution in [0.5, 0.6) is 0 Å². The largest absolute Gasteiger partial charge is 0.350 e. The summed E-state index contributed by atoms with van der Waals surface area (Å²) in [4.78, 5) is 14.6. The van der Waals surface area contributed by atoms with Crippen molar-refractivity contribution in [2.75, 3.05) is 25.1 Å². The Morgan fingerprint density at radius 1 is 1.40 bits per heavy atom. The van der Waals surface area contributed by atoms with Gasteiger partial charge in [-0.3, -0.25) is 15.5 Å². The van der Waals surface area contributed by atoms with E-state index in [-0.39, 0.29) is 5.91 Å². The number of carbonyl (C=O) groups excluding carboxylic acids is 1. The van der Waals surface area contributed by atoms with Crippen LogP contribution in [0.3, 0.4) is 0 Å². The number of benzene rings is 1. The van der Waals surface area contributed by atoms with Gasteiger partial charge in [0.2, 0.25) is 0 Å². The lowest BCUT2D eigenvalue weighted by Gasteiger charge is -2.23. The molecule has 1 aliphatic heterocycles. The van der Waals surface area contributed by atoms with E-state index in [1.54, 1.807) is 6.07 Å². The molecule has 0 saturated carbocycles. The number of likely N-dealkylation sites (tertiary alicyclic amines) is 1. The van der Waals surface area contributed by atoms with E-state index in [9.17, 15) is 4.79 Å². The molecule has 1 saturated heterocycles. The lowest BCUT2D eigenvalue weighted by Crippen LogP contribution is -2.40. The Labute approximate surface area is 120 Å². The van der Waals surface area contributed by atoms with Crippen molar-refractivity contribution in [3.63, 3.8) is 0 Å². The number of amides is 1. The average molecular weight is 276 g/mol. The molecule has 1 atom stereocenters. The SMILES string of the molecule is Cc1cc(C(=O)NCC(C)N2CCCC2)ccc1NN. The molecule has 1 aromatic rings. The molecular formula is C15H24N4O. The first kappa shape index (κ1) is 14.8. The normalized spacial score (nSPS) is 16.9. The van der Waals surface area contributed by atoms with Crippen LogP contribution in [0.25, 0.3) is 0 Å². The van der Waals surface area contributed by atoms with Gasteiger partial charge in [0, 0.05) is 18.2 Å². The van der Waals surface area contributed by atoms with Gasteiger partial charge in [0.15, 0.2) is 0 Å². The summed E-state index contributed by atoms with van der Waals surface area (Å²) in [6, 6.07) is 5.87. The van der Waals surface area contributed by atoms with E-state index in [4.69, 9.17) is 5.84 Å². The Kier molecular flexibility index (Phi) is 4.98. The fraction of sp³-hybridized carbons (Fsp3) is 0.533. The summed E-state index contributed by atoms with van der Waals surface area (Å²) in [5, 5.41) is 3.01. The molecule has 20 heavy (non-hydrogen) atoms. The van der Waals surface area contributed by atoms with E-state index in [2.05, 4.69) is 22.6 Å². The Bertz CT molecular complexity index is 469. The van der Waals surface area contributed by atoms with Crippen molar-refractivity contribution < 1.29 is 4.79 Å². The molecule has 1 aromatic carbocycles. The van der Waals surface area contributed by atoms with E-state index in [0.717, 1.165) is 24.3 Å². The van der Waals surface area contributed by atoms with Crippen molar-refractivity contribution in [1.82, 2.24) is 10.2 Å². The number of hydrazine groups is 1. The number of nitrogens with one attached hydrogen (secondary N) is 2. The molecule has 2 rings (SSSR count). The van der Waals surface area contributed by atoms with Gasteiger partial charge in [-0.2, -0.15) is 0 Å². The first-order valence-electron chi connectivity index (χ1n) is 7.21. The lowest BCUT2D eigenvalue weighted by atomic mass is 10.1. The second-order valence-electron chi connectivity index (χ2n) is 5.48. The second kappa shape index (κ2) is 6.72. The van der Waals surface area contributed by atoms with Gasteiger partial charge in [0.25, 0.3) is 5.91 Å². The van der Waals surface area contributed by atoms with E-state index in [1.165, 1.54) is 12.8 Å². The standard InChI is InChI=1S/C15H24N4O/c1-11-9-13(5-6-14(11)18-16)15(20)17-10-12(2)19-7-3-4-8-19/h5-6,9,12,18H,3-4,7-8,10,16H2,1-2H3,(H,17,20). The van der Waals surface area contributed by atoms with Crippen LogP contribution in [-0.4, -0.2) is 36.5 Å². The van der Waals surface area contributed by atoms with E-state index in [1.807, 2.05) is 19.1 Å². The minimum absolute atomic E-state index is 0.0253. The minimum Gasteiger partial charge on any atom is -0.350 e. The molecular weight excluding hydrogens is 252 g/mol. The van der Waals surface area contributed by atoms with E-state index in [0.29, 0.717) is 18.2 Å². The third-order valence-electron chi connectivity index (χ3n) is 3.97. The number of carbonyl (C=O) groups is 1. The summed E-state index contributed by atoms with van der Waals surface area (Å²) in [5.41, 5.74) is 5.09. The van der Waals surface area contributed by atoms with Gasteiger partial charge < -0.3 is 10.7 Å². The maximum atomic E-state index is 12.1. The summed E-state index contributed by atoms with van der Waals surface area (Å²) in [6.07, 6.45) is 2.54. The Morgan fingerprint density at radius 2 is 2.10 bits per heavy atom. The maximum absolute atomic E-state index is 12.1. The van der Waals surface area contributed by atoms with Gasteiger partial charge in [-0.15, -0.1) is 0 Å². The van der Waals surface area contributed by atoms with Crippen LogP contribution >= 0.6 is 0 Å². The average Bonchev–Trinajstić information content (AvgIpc) is 2.98. The summed E-state index contributed by atoms with van der Waals surface area (Å²) in [5.74, 6) is 5.36. The molecule has 5 nitrogen and oxygen atoms in total. The lowest BCUT2D eigenvalue weighted by molar-refractivity contribution is 0.0940. The Hall–Kier alpha value is -1.59. The van der Waals surface area contributed by atoms with Gasteiger partial charge in [-0.05, 0) is 63.5 Å². The fourth-order valence-corrected chi connectivity index (χ4v) is 2.62. The number of rotatable bonds is 5. The predicted octanol–water partition coefficient (Wildman–Crippen LogP) is 1.49. The zero-order valence-corrected chi connectivity index (χ0v) is 12.3. The van der Waals surface area contributed by atoms with Crippen molar-refractivity contribution in [3.8, 4) is 0 Å². The number of hydrogen-bond acceptors (Lipinski definition) is 4. The summed E-state index contributed by atoms with van der Waals surface area (Å²) < 4.78 is 0. The smallest absolute Gasteiger partial charge is 0.251 e. The highest BCUT2D eigenvalue weighted by Crippen LogP contribution is 2.15. The third-order valence-corrected chi connectivity index (χ3v) is 3.97. The molecule has 5 heteroatoms. The highest BCUT2D eigenvalue weighted by molar-refractivity contribution is 5.94. The molecule has 0 bridgehead atoms. The van der Waals surface area contributed by atoms with Crippen LogP contribution in [0.1, 0.15) is 35.7 Å². The van der Waals surface area contributed by atoms with Crippen molar-refractivity contribution in [1.29, 1.82) is 0 Å². The molecule has 110 valence electrons. The minimum atomic E-state index is -0.0253. The van der Waals surface area contributed by atoms with Crippen LogP contribution in [0.2, 0.25) is 0 Å². The molecule has 1 amide bonds. The van der Waals surface area contributed by atoms with Crippen molar-refractivity contribution >= 4 is 11.6 Å². The molecule has 0 radical (unpaired) electrons. The van der Waals surface area contributed by atoms with Crippen molar-refractivity contribution in [2.45, 2.75) is 32.7 Å². The topological polar surface area (TPSA) is 70.4 Å². The molecule has 1 heterocycles. The molecule has 0 aromatic heterocycles. The van der Waals surface area contributed by atoms with Gasteiger partial charge in [-0.25, -0.2) is 0 Å². The molecule has 1 fully saturated rings. The quantitative estimate of drug-likeness (QED) is 0.563. The van der Waals surface area contributed by atoms with Crippen LogP contribution in [0, 0.1) is 6.92 Å². The number of aryl methyl sites for hydroxylation is 1. The molecule has 1 unspecified atom stereocenters. The zero-order valence-electron chi connectivity index (χ0n) is 12.3. The third kappa shape index (κ3) is 3.49.